The molecule has 2 unspecified atom stereocenters. The molecule has 1 aliphatic rings. The first kappa shape index (κ1) is 19.7. The van der Waals surface area contributed by atoms with Crippen LogP contribution in [0.4, 0.5) is 5.69 Å². The summed E-state index contributed by atoms with van der Waals surface area (Å²) >= 11 is 5.98. The molecule has 2 aromatic carbocycles. The second-order valence-corrected chi connectivity index (χ2v) is 7.55. The maximum Gasteiger partial charge on any atom is 0.305 e. The van der Waals surface area contributed by atoms with Crippen LogP contribution in [-0.4, -0.2) is 41.4 Å². The Kier molecular flexibility index (Phi) is 6.37. The van der Waals surface area contributed by atoms with Crippen molar-refractivity contribution in [1.29, 1.82) is 0 Å². The number of benzene rings is 2. The number of carboxylic acid groups (broad SMARTS) is 1. The van der Waals surface area contributed by atoms with Crippen LogP contribution in [0.3, 0.4) is 0 Å². The summed E-state index contributed by atoms with van der Waals surface area (Å²) in [6, 6.07) is 15.3. The number of fused-ring (bicyclic) bond motifs is 1. The highest BCUT2D eigenvalue weighted by Crippen LogP contribution is 2.33. The van der Waals surface area contributed by atoms with Gasteiger partial charge in [0.2, 0.25) is 0 Å². The van der Waals surface area contributed by atoms with E-state index in [9.17, 15) is 15.0 Å². The van der Waals surface area contributed by atoms with Crippen LogP contribution in [-0.2, 0) is 11.2 Å². The minimum Gasteiger partial charge on any atom is -0.481 e. The van der Waals surface area contributed by atoms with Gasteiger partial charge in [0.25, 0.3) is 0 Å². The third kappa shape index (κ3) is 5.01. The lowest BCUT2D eigenvalue weighted by molar-refractivity contribution is -0.137. The minimum absolute atomic E-state index is 0.0398. The lowest BCUT2D eigenvalue weighted by Crippen LogP contribution is -2.44. The van der Waals surface area contributed by atoms with Gasteiger partial charge in [0.05, 0.1) is 12.5 Å². The molecule has 0 bridgehead atoms. The number of nitrogens with one attached hydrogen (secondary N) is 1. The lowest BCUT2D eigenvalue weighted by atomic mass is 10.1. The topological polar surface area (TPSA) is 72.8 Å². The zero-order valence-corrected chi connectivity index (χ0v) is 16.1. The fourth-order valence-electron chi connectivity index (χ4n) is 3.66. The van der Waals surface area contributed by atoms with Crippen molar-refractivity contribution in [1.82, 2.24) is 5.32 Å². The molecule has 0 spiro atoms. The quantitative estimate of drug-likeness (QED) is 0.647. The Hall–Kier alpha value is -2.08. The van der Waals surface area contributed by atoms with Gasteiger partial charge >= 0.3 is 5.97 Å². The molecule has 1 heterocycles. The van der Waals surface area contributed by atoms with Gasteiger partial charge in [-0.1, -0.05) is 41.9 Å². The number of halogens is 1. The van der Waals surface area contributed by atoms with E-state index in [0.717, 1.165) is 17.7 Å². The lowest BCUT2D eigenvalue weighted by Gasteiger charge is -2.30. The number of anilines is 1. The van der Waals surface area contributed by atoms with Gasteiger partial charge in [-0.2, -0.15) is 0 Å². The molecular weight excluding hydrogens is 364 g/mol. The Labute approximate surface area is 164 Å². The normalized spacial score (nSPS) is 18.2. The highest BCUT2D eigenvalue weighted by molar-refractivity contribution is 6.30. The molecule has 0 aromatic heterocycles. The number of nitrogens with zero attached hydrogens (tertiary/aromatic N) is 1. The van der Waals surface area contributed by atoms with E-state index >= 15 is 0 Å². The Balaban J connectivity index is 1.61. The number of carboxylic acids is 1. The van der Waals surface area contributed by atoms with Crippen LogP contribution in [0.25, 0.3) is 0 Å². The molecule has 5 nitrogen and oxygen atoms in total. The van der Waals surface area contributed by atoms with Crippen LogP contribution < -0.4 is 10.2 Å². The molecular formula is C21H25ClN2O3. The largest absolute Gasteiger partial charge is 0.481 e. The molecule has 0 fully saturated rings. The number of carbonyl (C=O) groups is 1. The summed E-state index contributed by atoms with van der Waals surface area (Å²) in [5.41, 5.74) is 3.07. The van der Waals surface area contributed by atoms with Crippen molar-refractivity contribution in [2.24, 2.45) is 0 Å². The highest BCUT2D eigenvalue weighted by Gasteiger charge is 2.31. The van der Waals surface area contributed by atoms with Gasteiger partial charge in [-0.05, 0) is 42.7 Å². The zero-order valence-electron chi connectivity index (χ0n) is 15.3. The molecule has 0 radical (unpaired) electrons. The number of aliphatic hydroxyl groups excluding tert-OH is 1. The van der Waals surface area contributed by atoms with E-state index in [0.29, 0.717) is 18.1 Å². The molecule has 0 amide bonds. The first-order valence-corrected chi connectivity index (χ1v) is 9.55. The van der Waals surface area contributed by atoms with Gasteiger partial charge in [-0.25, -0.2) is 0 Å². The number of para-hydroxylation sites is 1. The standard InChI is InChI=1S/C21H25ClN2O3/c1-14(23-12-20(25)16-6-4-7-17(22)9-16)13-24-18(11-21(26)27)10-15-5-2-3-8-19(15)24/h2-9,14,18,20,23,25H,10-13H2,1H3,(H,26,27)/t14?,18?,20-/m0/s1. The number of aliphatic hydroxyl groups is 1. The van der Waals surface area contributed by atoms with E-state index in [1.165, 1.54) is 5.56 Å². The Morgan fingerprint density at radius 3 is 2.81 bits per heavy atom. The Morgan fingerprint density at radius 2 is 2.07 bits per heavy atom. The van der Waals surface area contributed by atoms with Crippen molar-refractivity contribution >= 4 is 23.3 Å². The zero-order chi connectivity index (χ0) is 19.4. The molecule has 1 aliphatic heterocycles. The third-order valence-electron chi connectivity index (χ3n) is 4.97. The van der Waals surface area contributed by atoms with Crippen molar-refractivity contribution in [3.05, 3.63) is 64.7 Å². The van der Waals surface area contributed by atoms with Crippen LogP contribution in [0.15, 0.2) is 48.5 Å². The number of hydrogen-bond acceptors (Lipinski definition) is 4. The predicted octanol–water partition coefficient (Wildman–Crippen LogP) is 3.26. The van der Waals surface area contributed by atoms with E-state index in [-0.39, 0.29) is 18.5 Å². The maximum absolute atomic E-state index is 11.3. The van der Waals surface area contributed by atoms with Crippen LogP contribution in [0.1, 0.15) is 30.6 Å². The van der Waals surface area contributed by atoms with E-state index in [4.69, 9.17) is 11.6 Å². The van der Waals surface area contributed by atoms with Crippen LogP contribution >= 0.6 is 11.6 Å². The van der Waals surface area contributed by atoms with E-state index in [2.05, 4.69) is 16.3 Å². The van der Waals surface area contributed by atoms with Crippen molar-refractivity contribution < 1.29 is 15.0 Å². The van der Waals surface area contributed by atoms with E-state index < -0.39 is 12.1 Å². The second-order valence-electron chi connectivity index (χ2n) is 7.12. The monoisotopic (exact) mass is 388 g/mol. The molecule has 144 valence electrons. The van der Waals surface area contributed by atoms with Gasteiger partial charge in [0, 0.05) is 35.9 Å². The van der Waals surface area contributed by atoms with Gasteiger partial charge in [0.1, 0.15) is 0 Å². The van der Waals surface area contributed by atoms with E-state index in [1.54, 1.807) is 12.1 Å². The van der Waals surface area contributed by atoms with Crippen LogP contribution in [0, 0.1) is 0 Å². The van der Waals surface area contributed by atoms with Crippen LogP contribution in [0.5, 0.6) is 0 Å². The molecule has 0 saturated carbocycles. The summed E-state index contributed by atoms with van der Waals surface area (Å²) in [6.45, 7) is 3.13. The molecule has 0 saturated heterocycles. The number of rotatable bonds is 8. The summed E-state index contributed by atoms with van der Waals surface area (Å²) in [5, 5.41) is 23.6. The molecule has 3 rings (SSSR count). The smallest absolute Gasteiger partial charge is 0.305 e. The first-order chi connectivity index (χ1) is 12.9. The maximum atomic E-state index is 11.3. The second kappa shape index (κ2) is 8.74. The van der Waals surface area contributed by atoms with Gasteiger partial charge in [-0.15, -0.1) is 0 Å². The summed E-state index contributed by atoms with van der Waals surface area (Å²) in [6.07, 6.45) is 0.221. The average Bonchev–Trinajstić information content (AvgIpc) is 2.96. The van der Waals surface area contributed by atoms with Gasteiger partial charge in [0.15, 0.2) is 0 Å². The van der Waals surface area contributed by atoms with Crippen molar-refractivity contribution in [2.75, 3.05) is 18.0 Å². The Bertz CT molecular complexity index is 799. The minimum atomic E-state index is -0.783. The molecule has 6 heteroatoms. The molecule has 0 aliphatic carbocycles. The third-order valence-corrected chi connectivity index (χ3v) is 5.21. The van der Waals surface area contributed by atoms with E-state index in [1.807, 2.05) is 37.3 Å². The fourth-order valence-corrected chi connectivity index (χ4v) is 3.86. The summed E-state index contributed by atoms with van der Waals surface area (Å²) in [4.78, 5) is 13.4. The van der Waals surface area contributed by atoms with Crippen molar-refractivity contribution in [3.63, 3.8) is 0 Å². The number of hydrogen-bond donors (Lipinski definition) is 3. The fraction of sp³-hybridized carbons (Fsp3) is 0.381. The highest BCUT2D eigenvalue weighted by atomic mass is 35.5. The molecule has 2 aromatic rings. The summed E-state index contributed by atoms with van der Waals surface area (Å²) in [5.74, 6) is -0.783. The van der Waals surface area contributed by atoms with Crippen molar-refractivity contribution in [2.45, 2.75) is 38.0 Å². The molecule has 27 heavy (non-hydrogen) atoms. The van der Waals surface area contributed by atoms with Gasteiger partial charge in [-0.3, -0.25) is 4.79 Å². The SMILES string of the molecule is CC(CN1c2ccccc2CC1CC(=O)O)NC[C@H](O)c1cccc(Cl)c1. The molecule has 3 N–H and O–H groups in total. The Morgan fingerprint density at radius 1 is 1.30 bits per heavy atom. The van der Waals surface area contributed by atoms with Gasteiger partial charge < -0.3 is 20.4 Å². The average molecular weight is 389 g/mol. The molecule has 3 atom stereocenters. The van der Waals surface area contributed by atoms with Crippen molar-refractivity contribution in [3.8, 4) is 0 Å². The predicted molar refractivity (Wildman–Crippen MR) is 107 cm³/mol. The van der Waals surface area contributed by atoms with Crippen LogP contribution in [0.2, 0.25) is 5.02 Å². The first-order valence-electron chi connectivity index (χ1n) is 9.17. The summed E-state index contributed by atoms with van der Waals surface area (Å²) in [7, 11) is 0. The summed E-state index contributed by atoms with van der Waals surface area (Å²) < 4.78 is 0. The number of aliphatic carboxylic acids is 1.